The molecule has 9 nitrogen and oxygen atoms in total. The zero-order valence-electron chi connectivity index (χ0n) is 17.7. The highest BCUT2D eigenvalue weighted by Crippen LogP contribution is 2.47. The highest BCUT2D eigenvalue weighted by Gasteiger charge is 2.42. The van der Waals surface area contributed by atoms with Crippen molar-refractivity contribution in [3.8, 4) is 0 Å². The van der Waals surface area contributed by atoms with Gasteiger partial charge in [0.05, 0.1) is 18.8 Å². The molecule has 1 heterocycles. The van der Waals surface area contributed by atoms with E-state index in [1.165, 1.54) is 20.0 Å². The Balaban J connectivity index is 1.89. The molecule has 10 heteroatoms. The van der Waals surface area contributed by atoms with Gasteiger partial charge < -0.3 is 34.7 Å². The van der Waals surface area contributed by atoms with E-state index in [0.717, 1.165) is 12.8 Å². The third-order valence-corrected chi connectivity index (χ3v) is 7.09. The van der Waals surface area contributed by atoms with Gasteiger partial charge in [-0.25, -0.2) is 0 Å². The zero-order valence-corrected chi connectivity index (χ0v) is 18.6. The highest BCUT2D eigenvalue weighted by atomic mass is 31.2. The van der Waals surface area contributed by atoms with Crippen LogP contribution >= 0.6 is 7.60 Å². The summed E-state index contributed by atoms with van der Waals surface area (Å²) in [7, 11) is -2.30. The number of carbonyl (C=O) groups is 1. The molecule has 1 amide bonds. The average molecular weight is 436 g/mol. The first-order chi connectivity index (χ1) is 13.8. The maximum absolute atomic E-state index is 12.2. The number of hydrogen-bond donors (Lipinski definition) is 3. The Labute approximate surface area is 173 Å². The van der Waals surface area contributed by atoms with E-state index in [-0.39, 0.29) is 30.6 Å². The number of carbonyl (C=O) groups excluding carboxylic acids is 1. The number of nitrogens with two attached hydrogens (primary N) is 1. The molecule has 0 spiro atoms. The summed E-state index contributed by atoms with van der Waals surface area (Å²) in [5.41, 5.74) is 6.12. The summed E-state index contributed by atoms with van der Waals surface area (Å²) in [4.78, 5) is 11.7. The maximum atomic E-state index is 12.2. The van der Waals surface area contributed by atoms with Gasteiger partial charge in [0.25, 0.3) is 0 Å². The van der Waals surface area contributed by atoms with Crippen molar-refractivity contribution in [2.75, 3.05) is 26.6 Å². The third-order valence-electron chi connectivity index (χ3n) is 5.64. The van der Waals surface area contributed by atoms with Gasteiger partial charge in [-0.3, -0.25) is 9.36 Å². The summed E-state index contributed by atoms with van der Waals surface area (Å²) in [6, 6.07) is 0. The number of ether oxygens (including phenoxy) is 2. The molecule has 0 aromatic heterocycles. The Morgan fingerprint density at radius 1 is 1.34 bits per heavy atom. The van der Waals surface area contributed by atoms with Crippen molar-refractivity contribution in [3.05, 3.63) is 0 Å². The van der Waals surface area contributed by atoms with Gasteiger partial charge in [-0.1, -0.05) is 26.7 Å². The number of aliphatic hydroxyl groups excluding tert-OH is 1. The quantitative estimate of drug-likeness (QED) is 0.313. The van der Waals surface area contributed by atoms with E-state index in [1.54, 1.807) is 0 Å². The van der Waals surface area contributed by atoms with Gasteiger partial charge in [0.1, 0.15) is 18.7 Å². The first-order valence-electron chi connectivity index (χ1n) is 10.5. The molecule has 2 fully saturated rings. The van der Waals surface area contributed by atoms with Crippen molar-refractivity contribution < 1.29 is 33.0 Å². The largest absolute Gasteiger partial charge is 0.384 e. The van der Waals surface area contributed by atoms with Gasteiger partial charge in [-0.2, -0.15) is 0 Å². The van der Waals surface area contributed by atoms with Gasteiger partial charge in [0.2, 0.25) is 5.91 Å². The van der Waals surface area contributed by atoms with Gasteiger partial charge in [0.15, 0.2) is 0 Å². The van der Waals surface area contributed by atoms with E-state index in [0.29, 0.717) is 25.3 Å². The van der Waals surface area contributed by atoms with E-state index in [1.807, 2.05) is 13.8 Å². The first kappa shape index (κ1) is 24.7. The second kappa shape index (κ2) is 11.7. The molecule has 3 unspecified atom stereocenters. The van der Waals surface area contributed by atoms with Crippen LogP contribution in [-0.4, -0.2) is 62.2 Å². The molecule has 170 valence electrons. The monoisotopic (exact) mass is 436 g/mol. The van der Waals surface area contributed by atoms with Crippen molar-refractivity contribution in [1.82, 2.24) is 5.32 Å². The Bertz CT molecular complexity index is 549. The lowest BCUT2D eigenvalue weighted by Crippen LogP contribution is -2.39. The minimum Gasteiger partial charge on any atom is -0.384 e. The average Bonchev–Trinajstić information content (AvgIpc) is 3.36. The van der Waals surface area contributed by atoms with Gasteiger partial charge >= 0.3 is 7.60 Å². The first-order valence-corrected chi connectivity index (χ1v) is 12.2. The number of rotatable bonds is 12. The van der Waals surface area contributed by atoms with E-state index in [4.69, 9.17) is 24.3 Å². The minimum atomic E-state index is -3.54. The SMILES string of the molecule is COP(=O)(CO)OCC1O[C@@H](C2CCCC2)C[C@H]1OC(N)CCNC(=O)C(C)C. The van der Waals surface area contributed by atoms with Crippen LogP contribution < -0.4 is 11.1 Å². The van der Waals surface area contributed by atoms with Crippen molar-refractivity contribution >= 4 is 13.5 Å². The summed E-state index contributed by atoms with van der Waals surface area (Å²) in [6.07, 6.45) is 3.90. The third kappa shape index (κ3) is 7.58. The lowest BCUT2D eigenvalue weighted by molar-refractivity contribution is -0.124. The zero-order chi connectivity index (χ0) is 21.4. The molecule has 1 saturated heterocycles. The van der Waals surface area contributed by atoms with E-state index >= 15 is 0 Å². The molecular formula is C19H37N2O7P. The fraction of sp³-hybridized carbons (Fsp3) is 0.947. The highest BCUT2D eigenvalue weighted by molar-refractivity contribution is 7.53. The topological polar surface area (TPSA) is 129 Å². The van der Waals surface area contributed by atoms with Gasteiger partial charge in [-0.15, -0.1) is 0 Å². The van der Waals surface area contributed by atoms with Crippen LogP contribution in [0, 0.1) is 11.8 Å². The molecule has 1 saturated carbocycles. The summed E-state index contributed by atoms with van der Waals surface area (Å²) >= 11 is 0. The molecule has 0 bridgehead atoms. The van der Waals surface area contributed by atoms with E-state index in [9.17, 15) is 14.5 Å². The fourth-order valence-corrected chi connectivity index (χ4v) is 4.52. The molecule has 2 aliphatic rings. The van der Waals surface area contributed by atoms with Crippen molar-refractivity contribution in [1.29, 1.82) is 0 Å². The van der Waals surface area contributed by atoms with Crippen LogP contribution in [0.1, 0.15) is 52.4 Å². The van der Waals surface area contributed by atoms with Crippen LogP contribution in [0.3, 0.4) is 0 Å². The molecule has 1 aliphatic carbocycles. The lowest BCUT2D eigenvalue weighted by atomic mass is 9.97. The van der Waals surface area contributed by atoms with Gasteiger partial charge in [0, 0.05) is 32.4 Å². The van der Waals surface area contributed by atoms with Crippen LogP contribution in [0.15, 0.2) is 0 Å². The van der Waals surface area contributed by atoms with Crippen LogP contribution in [0.2, 0.25) is 0 Å². The molecule has 0 aromatic rings. The fourth-order valence-electron chi connectivity index (χ4n) is 3.84. The minimum absolute atomic E-state index is 0.00360. The van der Waals surface area contributed by atoms with Crippen LogP contribution in [0.4, 0.5) is 0 Å². The predicted molar refractivity (Wildman–Crippen MR) is 108 cm³/mol. The van der Waals surface area contributed by atoms with Crippen LogP contribution in [-0.2, 0) is 27.9 Å². The van der Waals surface area contributed by atoms with E-state index in [2.05, 4.69) is 5.32 Å². The summed E-state index contributed by atoms with van der Waals surface area (Å²) < 4.78 is 34.5. The Kier molecular flexibility index (Phi) is 10.0. The molecule has 29 heavy (non-hydrogen) atoms. The molecule has 5 atom stereocenters. The Morgan fingerprint density at radius 3 is 2.62 bits per heavy atom. The second-order valence-electron chi connectivity index (χ2n) is 8.17. The van der Waals surface area contributed by atoms with Crippen LogP contribution in [0.25, 0.3) is 0 Å². The lowest BCUT2D eigenvalue weighted by Gasteiger charge is -2.24. The summed E-state index contributed by atoms with van der Waals surface area (Å²) in [6.45, 7) is 4.10. The molecule has 1 aliphatic heterocycles. The number of hydrogen-bond acceptors (Lipinski definition) is 8. The number of aliphatic hydroxyl groups is 1. The molecule has 0 aromatic carbocycles. The molecule has 2 rings (SSSR count). The predicted octanol–water partition coefficient (Wildman–Crippen LogP) is 1.97. The van der Waals surface area contributed by atoms with Crippen molar-refractivity contribution in [3.63, 3.8) is 0 Å². The van der Waals surface area contributed by atoms with Crippen molar-refractivity contribution in [2.24, 2.45) is 17.6 Å². The normalized spacial score (nSPS) is 28.6. The Hall–Kier alpha value is -0.540. The standard InChI is InChI=1S/C19H37N2O7P/c1-13(2)19(23)21-9-8-18(20)28-16-10-15(14-6-4-5-7-14)27-17(16)11-26-29(24,12-22)25-3/h13-18,22H,4-12,20H2,1-3H3,(H,21,23)/t15-,16-,17?,18?,29?/m1/s1. The molecule has 4 N–H and O–H groups in total. The van der Waals surface area contributed by atoms with Crippen molar-refractivity contribution in [2.45, 2.75) is 76.9 Å². The van der Waals surface area contributed by atoms with Gasteiger partial charge in [-0.05, 0) is 18.8 Å². The number of amides is 1. The second-order valence-corrected chi connectivity index (χ2v) is 10.3. The maximum Gasteiger partial charge on any atom is 0.355 e. The smallest absolute Gasteiger partial charge is 0.355 e. The number of nitrogens with one attached hydrogen (secondary N) is 1. The molecular weight excluding hydrogens is 399 g/mol. The summed E-state index contributed by atoms with van der Waals surface area (Å²) in [5, 5.41) is 12.1. The molecule has 0 radical (unpaired) electrons. The summed E-state index contributed by atoms with van der Waals surface area (Å²) in [5.74, 6) is 0.389. The van der Waals surface area contributed by atoms with Crippen LogP contribution in [0.5, 0.6) is 0 Å². The Morgan fingerprint density at radius 2 is 2.03 bits per heavy atom. The van der Waals surface area contributed by atoms with E-state index < -0.39 is 26.3 Å².